The lowest BCUT2D eigenvalue weighted by Gasteiger charge is -2.11. The van der Waals surface area contributed by atoms with Gasteiger partial charge in [0.25, 0.3) is 0 Å². The monoisotopic (exact) mass is 523 g/mol. The smallest absolute Gasteiger partial charge is 0.159 e. The van der Waals surface area contributed by atoms with Crippen LogP contribution in [0, 0.1) is 11.7 Å². The molecule has 5 aromatic heterocycles. The third-order valence-corrected chi connectivity index (χ3v) is 8.10. The van der Waals surface area contributed by atoms with E-state index in [9.17, 15) is 0 Å². The van der Waals surface area contributed by atoms with Crippen molar-refractivity contribution in [3.8, 4) is 33.9 Å². The molecular formula is C29H26FN7S. The van der Waals surface area contributed by atoms with Crippen molar-refractivity contribution in [2.24, 2.45) is 5.92 Å². The number of nitrogens with one attached hydrogen (secondary N) is 3. The molecule has 0 radical (unpaired) electrons. The van der Waals surface area contributed by atoms with Crippen LogP contribution < -0.4 is 5.32 Å². The fraction of sp³-hybridized carbons (Fsp3) is 0.241. The van der Waals surface area contributed by atoms with Gasteiger partial charge in [0.2, 0.25) is 0 Å². The van der Waals surface area contributed by atoms with Crippen molar-refractivity contribution in [1.29, 1.82) is 0 Å². The third kappa shape index (κ3) is 4.27. The molecule has 1 aliphatic rings. The van der Waals surface area contributed by atoms with Crippen LogP contribution in [0.15, 0.2) is 59.7 Å². The highest BCUT2D eigenvalue weighted by molar-refractivity contribution is 7.08. The number of aromatic amines is 2. The van der Waals surface area contributed by atoms with Crippen molar-refractivity contribution in [2.75, 3.05) is 6.54 Å². The van der Waals surface area contributed by atoms with Gasteiger partial charge in [-0.15, -0.1) is 0 Å². The van der Waals surface area contributed by atoms with Crippen LogP contribution in [0.1, 0.15) is 31.2 Å². The minimum Gasteiger partial charge on any atom is -0.336 e. The van der Waals surface area contributed by atoms with Gasteiger partial charge in [-0.1, -0.05) is 12.8 Å². The molecule has 0 bridgehead atoms. The number of nitrogens with zero attached hydrogens (tertiary/aromatic N) is 4. The van der Waals surface area contributed by atoms with E-state index in [0.717, 1.165) is 57.8 Å². The zero-order chi connectivity index (χ0) is 25.5. The van der Waals surface area contributed by atoms with E-state index in [4.69, 9.17) is 4.98 Å². The number of benzene rings is 1. The molecule has 0 amide bonds. The topological polar surface area (TPSA) is 95.2 Å². The number of pyridine rings is 2. The van der Waals surface area contributed by atoms with E-state index in [1.807, 2.05) is 35.8 Å². The number of hydrogen-bond donors (Lipinski definition) is 3. The molecule has 38 heavy (non-hydrogen) atoms. The number of halogens is 1. The summed E-state index contributed by atoms with van der Waals surface area (Å²) in [6.07, 6.45) is 10.6. The Kier molecular flexibility index (Phi) is 5.94. The van der Waals surface area contributed by atoms with Gasteiger partial charge in [-0.2, -0.15) is 16.4 Å². The van der Waals surface area contributed by atoms with E-state index in [2.05, 4.69) is 35.8 Å². The minimum absolute atomic E-state index is 0.320. The van der Waals surface area contributed by atoms with Crippen LogP contribution in [0.25, 0.3) is 55.8 Å². The first-order valence-electron chi connectivity index (χ1n) is 12.9. The maximum absolute atomic E-state index is 15.3. The Morgan fingerprint density at radius 2 is 1.95 bits per heavy atom. The largest absolute Gasteiger partial charge is 0.336 e. The fourth-order valence-corrected chi connectivity index (χ4v) is 6.10. The number of fused-ring (bicyclic) bond motifs is 2. The number of hydrogen-bond acceptors (Lipinski definition) is 6. The van der Waals surface area contributed by atoms with Crippen LogP contribution in [0.5, 0.6) is 0 Å². The predicted molar refractivity (Wildman–Crippen MR) is 149 cm³/mol. The molecule has 5 heterocycles. The molecule has 1 aromatic carbocycles. The normalized spacial score (nSPS) is 14.2. The zero-order valence-corrected chi connectivity index (χ0v) is 21.5. The molecule has 0 aliphatic heterocycles. The van der Waals surface area contributed by atoms with Gasteiger partial charge in [-0.3, -0.25) is 15.1 Å². The Morgan fingerprint density at radius 1 is 1.03 bits per heavy atom. The maximum Gasteiger partial charge on any atom is 0.159 e. The van der Waals surface area contributed by atoms with Crippen LogP contribution in [-0.4, -0.2) is 36.7 Å². The van der Waals surface area contributed by atoms with Gasteiger partial charge < -0.3 is 10.3 Å². The number of imidazole rings is 1. The minimum atomic E-state index is -0.320. The van der Waals surface area contributed by atoms with Gasteiger partial charge in [0.05, 0.1) is 16.7 Å². The van der Waals surface area contributed by atoms with Crippen molar-refractivity contribution in [1.82, 2.24) is 35.5 Å². The SMILES string of the molecule is Fc1cc2[nH]nc(-c3nc4c(-c5ccsc5)nccc4[nH]3)c2cc1-c1cncc(CNCC2CCCC2)c1. The first-order chi connectivity index (χ1) is 18.7. The van der Waals surface area contributed by atoms with Gasteiger partial charge in [-0.25, -0.2) is 9.37 Å². The molecule has 9 heteroatoms. The van der Waals surface area contributed by atoms with E-state index in [-0.39, 0.29) is 5.82 Å². The Hall–Kier alpha value is -3.95. The molecule has 0 atom stereocenters. The molecule has 190 valence electrons. The molecule has 3 N–H and O–H groups in total. The summed E-state index contributed by atoms with van der Waals surface area (Å²) in [6.45, 7) is 1.74. The lowest BCUT2D eigenvalue weighted by atomic mass is 10.0. The quantitative estimate of drug-likeness (QED) is 0.216. The summed E-state index contributed by atoms with van der Waals surface area (Å²) in [5, 5.41) is 15.9. The molecule has 0 saturated heterocycles. The second-order valence-electron chi connectivity index (χ2n) is 9.97. The highest BCUT2D eigenvalue weighted by Crippen LogP contribution is 2.34. The van der Waals surface area contributed by atoms with E-state index >= 15 is 4.39 Å². The highest BCUT2D eigenvalue weighted by atomic mass is 32.1. The first-order valence-corrected chi connectivity index (χ1v) is 13.9. The molecule has 1 saturated carbocycles. The summed E-state index contributed by atoms with van der Waals surface area (Å²) in [4.78, 5) is 17.2. The van der Waals surface area contributed by atoms with Crippen molar-refractivity contribution in [2.45, 2.75) is 32.2 Å². The van der Waals surface area contributed by atoms with Gasteiger partial charge >= 0.3 is 0 Å². The number of aromatic nitrogens is 6. The van der Waals surface area contributed by atoms with Gasteiger partial charge in [-0.05, 0) is 60.5 Å². The van der Waals surface area contributed by atoms with Crippen molar-refractivity contribution >= 4 is 33.3 Å². The first kappa shape index (κ1) is 23.2. The van der Waals surface area contributed by atoms with Crippen LogP contribution >= 0.6 is 11.3 Å². The second kappa shape index (κ2) is 9.74. The van der Waals surface area contributed by atoms with Crippen molar-refractivity contribution in [3.05, 3.63) is 71.1 Å². The summed E-state index contributed by atoms with van der Waals surface area (Å²) in [7, 11) is 0. The van der Waals surface area contributed by atoms with Crippen LogP contribution in [0.2, 0.25) is 0 Å². The summed E-state index contributed by atoms with van der Waals surface area (Å²) in [5.74, 6) is 1.05. The molecule has 0 spiro atoms. The summed E-state index contributed by atoms with van der Waals surface area (Å²) >= 11 is 1.62. The Morgan fingerprint density at radius 3 is 2.82 bits per heavy atom. The van der Waals surface area contributed by atoms with Crippen molar-refractivity contribution < 1.29 is 4.39 Å². The molecule has 0 unspecified atom stereocenters. The zero-order valence-electron chi connectivity index (χ0n) is 20.7. The van der Waals surface area contributed by atoms with E-state index in [1.54, 1.807) is 23.7 Å². The lowest BCUT2D eigenvalue weighted by Crippen LogP contribution is -2.20. The molecule has 7 nitrogen and oxygen atoms in total. The van der Waals surface area contributed by atoms with E-state index < -0.39 is 0 Å². The fourth-order valence-electron chi connectivity index (χ4n) is 5.46. The van der Waals surface area contributed by atoms with Crippen LogP contribution in [-0.2, 0) is 6.54 Å². The summed E-state index contributed by atoms with van der Waals surface area (Å²) < 4.78 is 15.3. The Bertz CT molecular complexity index is 1730. The number of rotatable bonds is 7. The molecule has 7 rings (SSSR count). The average molecular weight is 524 g/mol. The average Bonchev–Trinajstić information content (AvgIpc) is 3.74. The maximum atomic E-state index is 15.3. The third-order valence-electron chi connectivity index (χ3n) is 7.41. The Labute approximate surface area is 222 Å². The molecule has 6 aromatic rings. The van der Waals surface area contributed by atoms with Crippen LogP contribution in [0.4, 0.5) is 4.39 Å². The summed E-state index contributed by atoms with van der Waals surface area (Å²) in [6, 6.07) is 9.28. The highest BCUT2D eigenvalue weighted by Gasteiger charge is 2.19. The lowest BCUT2D eigenvalue weighted by molar-refractivity contribution is 0.489. The molecule has 1 aliphatic carbocycles. The van der Waals surface area contributed by atoms with Gasteiger partial charge in [0.15, 0.2) is 5.82 Å². The van der Waals surface area contributed by atoms with Gasteiger partial charge in [0.1, 0.15) is 17.0 Å². The molecular weight excluding hydrogens is 497 g/mol. The second-order valence-corrected chi connectivity index (χ2v) is 10.7. The predicted octanol–water partition coefficient (Wildman–Crippen LogP) is 6.71. The van der Waals surface area contributed by atoms with Gasteiger partial charge in [0, 0.05) is 58.7 Å². The van der Waals surface area contributed by atoms with E-state index in [0.29, 0.717) is 22.6 Å². The standard InChI is InChI=1S/C29H26FN7S/c30-23-11-25-22(10-21(23)20-9-18(14-32-15-20)13-31-12-17-3-1-2-4-17)27(37-36-25)29-34-24-5-7-33-26(28(24)35-29)19-6-8-38-16-19/h5-11,14-17,31H,1-4,12-13H2,(H,34,35)(H,36,37). The molecule has 1 fully saturated rings. The number of H-pyrrole nitrogens is 2. The van der Waals surface area contributed by atoms with Crippen molar-refractivity contribution in [3.63, 3.8) is 0 Å². The van der Waals surface area contributed by atoms with E-state index in [1.165, 1.54) is 31.7 Å². The van der Waals surface area contributed by atoms with Crippen LogP contribution in [0.3, 0.4) is 0 Å². The Balaban J connectivity index is 1.23. The summed E-state index contributed by atoms with van der Waals surface area (Å²) in [5.41, 5.74) is 7.02. The number of thiophene rings is 1.